The van der Waals surface area contributed by atoms with Gasteiger partial charge in [0.05, 0.1) is 17.6 Å². The number of rotatable bonds is 7. The van der Waals surface area contributed by atoms with Crippen molar-refractivity contribution < 1.29 is 4.79 Å². The summed E-state index contributed by atoms with van der Waals surface area (Å²) in [6.07, 6.45) is 4.44. The first-order valence-electron chi connectivity index (χ1n) is 13.3. The lowest BCUT2D eigenvalue weighted by atomic mass is 9.95. The number of likely N-dealkylation sites (N-methyl/N-ethyl adjacent to an activating group) is 1. The Hall–Kier alpha value is -4.03. The zero-order valence-electron chi connectivity index (χ0n) is 22.4. The van der Waals surface area contributed by atoms with Gasteiger partial charge >= 0.3 is 0 Å². The Bertz CT molecular complexity index is 1390. The Labute approximate surface area is 225 Å². The van der Waals surface area contributed by atoms with Crippen molar-refractivity contribution in [3.8, 4) is 11.3 Å². The first-order chi connectivity index (χ1) is 18.4. The van der Waals surface area contributed by atoms with Gasteiger partial charge in [-0.1, -0.05) is 48.9 Å². The summed E-state index contributed by atoms with van der Waals surface area (Å²) in [6, 6.07) is 24.3. The highest BCUT2D eigenvalue weighted by Crippen LogP contribution is 2.26. The van der Waals surface area contributed by atoms with Crippen LogP contribution in [0.25, 0.3) is 11.3 Å². The molecule has 6 nitrogen and oxygen atoms in total. The highest BCUT2D eigenvalue weighted by molar-refractivity contribution is 6.04. The van der Waals surface area contributed by atoms with Gasteiger partial charge in [0.2, 0.25) is 0 Å². The predicted octanol–water partition coefficient (Wildman–Crippen LogP) is 5.80. The van der Waals surface area contributed by atoms with Crippen LogP contribution < -0.4 is 10.2 Å². The number of nitrogens with zero attached hydrogens (tertiary/aromatic N) is 4. The van der Waals surface area contributed by atoms with E-state index in [0.717, 1.165) is 66.4 Å². The van der Waals surface area contributed by atoms with Crippen LogP contribution in [-0.2, 0) is 6.42 Å². The van der Waals surface area contributed by atoms with Crippen molar-refractivity contribution in [2.45, 2.75) is 26.2 Å². The van der Waals surface area contributed by atoms with E-state index in [1.807, 2.05) is 61.8 Å². The number of amides is 1. The summed E-state index contributed by atoms with van der Waals surface area (Å²) in [5, 5.41) is 3.03. The van der Waals surface area contributed by atoms with Gasteiger partial charge in [0.15, 0.2) is 0 Å². The van der Waals surface area contributed by atoms with Gasteiger partial charge in [-0.3, -0.25) is 9.78 Å². The molecule has 0 radical (unpaired) electrons. The minimum Gasteiger partial charge on any atom is -0.369 e. The average Bonchev–Trinajstić information content (AvgIpc) is 2.94. The molecule has 1 atom stereocenters. The number of hydrogen-bond acceptors (Lipinski definition) is 5. The van der Waals surface area contributed by atoms with Crippen molar-refractivity contribution in [3.05, 3.63) is 108 Å². The molecule has 194 valence electrons. The fourth-order valence-electron chi connectivity index (χ4n) is 4.90. The monoisotopic (exact) mass is 505 g/mol. The molecule has 0 saturated carbocycles. The summed E-state index contributed by atoms with van der Waals surface area (Å²) < 4.78 is 0. The number of carbonyl (C=O) groups excluding carboxylic acids is 1. The van der Waals surface area contributed by atoms with Gasteiger partial charge in [0.1, 0.15) is 0 Å². The lowest BCUT2D eigenvalue weighted by Gasteiger charge is -2.34. The maximum atomic E-state index is 12.7. The molecule has 0 unspecified atom stereocenters. The molecule has 0 spiro atoms. The highest BCUT2D eigenvalue weighted by Gasteiger charge is 2.15. The lowest BCUT2D eigenvalue weighted by Crippen LogP contribution is -2.44. The molecule has 1 aromatic heterocycles. The van der Waals surface area contributed by atoms with Crippen molar-refractivity contribution >= 4 is 17.3 Å². The molecule has 1 aliphatic rings. The number of anilines is 2. The summed E-state index contributed by atoms with van der Waals surface area (Å²) in [5.74, 6) is 0.116. The maximum Gasteiger partial charge on any atom is 0.255 e. The van der Waals surface area contributed by atoms with Crippen molar-refractivity contribution in [3.63, 3.8) is 0 Å². The number of carbonyl (C=O) groups is 1. The van der Waals surface area contributed by atoms with Crippen LogP contribution in [0.2, 0.25) is 0 Å². The second kappa shape index (κ2) is 11.6. The average molecular weight is 506 g/mol. The quantitative estimate of drug-likeness (QED) is 0.344. The largest absolute Gasteiger partial charge is 0.369 e. The highest BCUT2D eigenvalue weighted by atomic mass is 16.1. The summed E-state index contributed by atoms with van der Waals surface area (Å²) in [6.45, 7) is 8.46. The third-order valence-corrected chi connectivity index (χ3v) is 7.23. The second-order valence-electron chi connectivity index (χ2n) is 10.3. The Morgan fingerprint density at radius 1 is 0.947 bits per heavy atom. The third kappa shape index (κ3) is 6.26. The molecule has 4 aromatic rings. The summed E-state index contributed by atoms with van der Waals surface area (Å²) in [5.41, 5.74) is 7.84. The number of piperazine rings is 1. The SMILES string of the molecule is Cc1cccc(C(=O)Nc2cccc([C@H](C)Cc3cncc(-c4ccc(N5CCN(C)CC5)cc4)n3)c2)c1. The van der Waals surface area contributed by atoms with Gasteiger partial charge in [-0.2, -0.15) is 0 Å². The topological polar surface area (TPSA) is 61.4 Å². The van der Waals surface area contributed by atoms with Crippen LogP contribution in [0.15, 0.2) is 85.2 Å². The van der Waals surface area contributed by atoms with Gasteiger partial charge in [-0.25, -0.2) is 4.98 Å². The van der Waals surface area contributed by atoms with E-state index in [9.17, 15) is 4.79 Å². The van der Waals surface area contributed by atoms with Crippen molar-refractivity contribution in [1.29, 1.82) is 0 Å². The van der Waals surface area contributed by atoms with Gasteiger partial charge < -0.3 is 15.1 Å². The van der Waals surface area contributed by atoms with E-state index in [0.29, 0.717) is 5.56 Å². The first-order valence-corrected chi connectivity index (χ1v) is 13.3. The molecule has 1 saturated heterocycles. The number of nitrogens with one attached hydrogen (secondary N) is 1. The normalized spacial score (nSPS) is 14.8. The van der Waals surface area contributed by atoms with Crippen molar-refractivity contribution in [2.24, 2.45) is 0 Å². The molecule has 5 rings (SSSR count). The van der Waals surface area contributed by atoms with Gasteiger partial charge in [-0.05, 0) is 68.3 Å². The van der Waals surface area contributed by atoms with Gasteiger partial charge in [0, 0.05) is 54.9 Å². The molecule has 38 heavy (non-hydrogen) atoms. The molecule has 1 aliphatic heterocycles. The van der Waals surface area contributed by atoms with E-state index in [-0.39, 0.29) is 11.8 Å². The van der Waals surface area contributed by atoms with Crippen LogP contribution in [0.4, 0.5) is 11.4 Å². The van der Waals surface area contributed by atoms with Crippen LogP contribution in [0, 0.1) is 6.92 Å². The van der Waals surface area contributed by atoms with Gasteiger partial charge in [0.25, 0.3) is 5.91 Å². The van der Waals surface area contributed by atoms with Gasteiger partial charge in [-0.15, -0.1) is 0 Å². The van der Waals surface area contributed by atoms with Crippen molar-refractivity contribution in [2.75, 3.05) is 43.4 Å². The van der Waals surface area contributed by atoms with E-state index in [4.69, 9.17) is 4.98 Å². The number of aromatic nitrogens is 2. The smallest absolute Gasteiger partial charge is 0.255 e. The first kappa shape index (κ1) is 25.6. The Morgan fingerprint density at radius 3 is 2.47 bits per heavy atom. The zero-order chi connectivity index (χ0) is 26.5. The standard InChI is InChI=1S/C32H35N5O/c1-23-6-4-8-27(18-23)32(38)35-28-9-5-7-26(20-28)24(2)19-29-21-33-22-31(34-29)25-10-12-30(13-11-25)37-16-14-36(3)15-17-37/h4-13,18,20-22,24H,14-17,19H2,1-3H3,(H,35,38)/t24-/m1/s1. The van der Waals surface area contributed by atoms with Crippen LogP contribution in [0.5, 0.6) is 0 Å². The zero-order valence-corrected chi connectivity index (χ0v) is 22.4. The summed E-state index contributed by atoms with van der Waals surface area (Å²) in [4.78, 5) is 26.9. The number of hydrogen-bond donors (Lipinski definition) is 1. The maximum absolute atomic E-state index is 12.7. The molecule has 1 N–H and O–H groups in total. The second-order valence-corrected chi connectivity index (χ2v) is 10.3. The fraction of sp³-hybridized carbons (Fsp3) is 0.281. The van der Waals surface area contributed by atoms with E-state index in [2.05, 4.69) is 64.4 Å². The van der Waals surface area contributed by atoms with E-state index < -0.39 is 0 Å². The van der Waals surface area contributed by atoms with E-state index in [1.54, 1.807) is 0 Å². The number of benzene rings is 3. The summed E-state index contributed by atoms with van der Waals surface area (Å²) in [7, 11) is 2.17. The summed E-state index contributed by atoms with van der Waals surface area (Å²) >= 11 is 0. The van der Waals surface area contributed by atoms with E-state index in [1.165, 1.54) is 5.69 Å². The Kier molecular flexibility index (Phi) is 7.80. The third-order valence-electron chi connectivity index (χ3n) is 7.23. The molecule has 1 fully saturated rings. The van der Waals surface area contributed by atoms with Crippen LogP contribution in [0.1, 0.15) is 40.0 Å². The van der Waals surface area contributed by atoms with Crippen molar-refractivity contribution in [1.82, 2.24) is 14.9 Å². The minimum absolute atomic E-state index is 0.101. The Morgan fingerprint density at radius 2 is 1.71 bits per heavy atom. The molecule has 6 heteroatoms. The lowest BCUT2D eigenvalue weighted by molar-refractivity contribution is 0.102. The Balaban J connectivity index is 1.24. The molecule has 2 heterocycles. The molecule has 3 aromatic carbocycles. The molecular weight excluding hydrogens is 470 g/mol. The molecule has 0 bridgehead atoms. The predicted molar refractivity (Wildman–Crippen MR) is 155 cm³/mol. The number of aryl methyl sites for hydroxylation is 1. The van der Waals surface area contributed by atoms with Crippen LogP contribution in [0.3, 0.4) is 0 Å². The molecule has 0 aliphatic carbocycles. The molecule has 1 amide bonds. The van der Waals surface area contributed by atoms with Crippen LogP contribution >= 0.6 is 0 Å². The minimum atomic E-state index is -0.101. The fourth-order valence-corrected chi connectivity index (χ4v) is 4.90. The van der Waals surface area contributed by atoms with Crippen LogP contribution in [-0.4, -0.2) is 54.0 Å². The van der Waals surface area contributed by atoms with E-state index >= 15 is 0 Å². The molecular formula is C32H35N5O.